The highest BCUT2D eigenvalue weighted by Crippen LogP contribution is 2.31. The number of methoxy groups -OCH3 is 1. The molecule has 1 N–H and O–H groups in total. The smallest absolute Gasteiger partial charge is 0.271 e. The third-order valence-corrected chi connectivity index (χ3v) is 5.63. The Labute approximate surface area is 145 Å². The maximum Gasteiger partial charge on any atom is 0.271 e. The van der Waals surface area contributed by atoms with Gasteiger partial charge in [-0.3, -0.25) is 14.8 Å². The summed E-state index contributed by atoms with van der Waals surface area (Å²) < 4.78 is 32.9. The Hall–Kier alpha value is -2.61. The van der Waals surface area contributed by atoms with Gasteiger partial charge >= 0.3 is 0 Å². The van der Waals surface area contributed by atoms with E-state index in [0.29, 0.717) is 0 Å². The number of fused-ring (bicyclic) bond motifs is 1. The van der Waals surface area contributed by atoms with Crippen LogP contribution in [0.4, 0.5) is 11.4 Å². The van der Waals surface area contributed by atoms with E-state index in [4.69, 9.17) is 4.74 Å². The normalized spacial score (nSPS) is 13.8. The molecule has 132 valence electrons. The third kappa shape index (κ3) is 3.58. The van der Waals surface area contributed by atoms with E-state index >= 15 is 0 Å². The minimum Gasteiger partial charge on any atom is -0.495 e. The number of hydrogen-bond acceptors (Lipinski definition) is 5. The SMILES string of the molecule is COc1ccc([N+](=O)[O-])cc1NS(=O)(=O)c1ccc2c(c1)CCCC2. The van der Waals surface area contributed by atoms with Crippen LogP contribution in [0.1, 0.15) is 24.0 Å². The zero-order valence-electron chi connectivity index (χ0n) is 13.7. The zero-order valence-corrected chi connectivity index (χ0v) is 14.5. The van der Waals surface area contributed by atoms with E-state index in [2.05, 4.69) is 4.72 Å². The number of anilines is 1. The lowest BCUT2D eigenvalue weighted by atomic mass is 9.92. The fraction of sp³-hybridized carbons (Fsp3) is 0.294. The molecule has 1 aliphatic rings. The van der Waals surface area contributed by atoms with E-state index in [1.807, 2.05) is 6.07 Å². The van der Waals surface area contributed by atoms with Crippen LogP contribution in [0.5, 0.6) is 5.75 Å². The van der Waals surface area contributed by atoms with Gasteiger partial charge in [-0.2, -0.15) is 0 Å². The van der Waals surface area contributed by atoms with Gasteiger partial charge in [-0.25, -0.2) is 8.42 Å². The van der Waals surface area contributed by atoms with E-state index in [9.17, 15) is 18.5 Å². The monoisotopic (exact) mass is 362 g/mol. The number of non-ortho nitro benzene ring substituents is 1. The predicted octanol–water partition coefficient (Wildman–Crippen LogP) is 3.28. The van der Waals surface area contributed by atoms with Crippen molar-refractivity contribution in [3.63, 3.8) is 0 Å². The number of sulfonamides is 1. The van der Waals surface area contributed by atoms with Gasteiger partial charge in [0.05, 0.1) is 22.6 Å². The molecule has 0 spiro atoms. The van der Waals surface area contributed by atoms with Gasteiger partial charge in [0.2, 0.25) is 0 Å². The zero-order chi connectivity index (χ0) is 18.0. The quantitative estimate of drug-likeness (QED) is 0.650. The van der Waals surface area contributed by atoms with Gasteiger partial charge in [0.1, 0.15) is 5.75 Å². The minimum atomic E-state index is -3.87. The molecule has 1 aliphatic carbocycles. The molecule has 8 heteroatoms. The summed E-state index contributed by atoms with van der Waals surface area (Å²) in [6, 6.07) is 8.86. The molecular weight excluding hydrogens is 344 g/mol. The molecule has 3 rings (SSSR count). The van der Waals surface area contributed by atoms with Gasteiger partial charge in [-0.05, 0) is 55.0 Å². The Morgan fingerprint density at radius 3 is 2.48 bits per heavy atom. The van der Waals surface area contributed by atoms with Crippen molar-refractivity contribution in [2.75, 3.05) is 11.8 Å². The van der Waals surface area contributed by atoms with Crippen LogP contribution < -0.4 is 9.46 Å². The first-order valence-electron chi connectivity index (χ1n) is 7.88. The second kappa shape index (κ2) is 6.72. The first kappa shape index (κ1) is 17.2. The second-order valence-electron chi connectivity index (χ2n) is 5.88. The highest BCUT2D eigenvalue weighted by Gasteiger charge is 2.21. The molecule has 0 saturated heterocycles. The summed E-state index contributed by atoms with van der Waals surface area (Å²) in [4.78, 5) is 10.5. The molecule has 0 radical (unpaired) electrons. The standard InChI is InChI=1S/C17H18N2O5S/c1-24-17-9-7-14(19(20)21)11-16(17)18-25(22,23)15-8-6-12-4-2-3-5-13(12)10-15/h6-11,18H,2-5H2,1H3. The predicted molar refractivity (Wildman–Crippen MR) is 93.5 cm³/mol. The number of nitro groups is 1. The van der Waals surface area contributed by atoms with E-state index < -0.39 is 14.9 Å². The molecule has 0 atom stereocenters. The van der Waals surface area contributed by atoms with Crippen LogP contribution in [0.15, 0.2) is 41.3 Å². The largest absolute Gasteiger partial charge is 0.495 e. The van der Waals surface area contributed by atoms with E-state index in [0.717, 1.165) is 37.3 Å². The molecule has 7 nitrogen and oxygen atoms in total. The van der Waals surface area contributed by atoms with E-state index in [-0.39, 0.29) is 22.0 Å². The van der Waals surface area contributed by atoms with Gasteiger partial charge in [0, 0.05) is 12.1 Å². The molecule has 0 unspecified atom stereocenters. The van der Waals surface area contributed by atoms with Crippen LogP contribution in [0.2, 0.25) is 0 Å². The van der Waals surface area contributed by atoms with Crippen molar-refractivity contribution in [2.45, 2.75) is 30.6 Å². The second-order valence-corrected chi connectivity index (χ2v) is 7.57. The summed E-state index contributed by atoms with van der Waals surface area (Å²) in [5.41, 5.74) is 2.04. The van der Waals surface area contributed by atoms with Crippen LogP contribution >= 0.6 is 0 Å². The molecule has 2 aromatic rings. The molecule has 0 fully saturated rings. The van der Waals surface area contributed by atoms with Crippen molar-refractivity contribution in [2.24, 2.45) is 0 Å². The fourth-order valence-electron chi connectivity index (χ4n) is 2.97. The van der Waals surface area contributed by atoms with Crippen LogP contribution in [0.3, 0.4) is 0 Å². The Morgan fingerprint density at radius 2 is 1.80 bits per heavy atom. The maximum atomic E-state index is 12.7. The molecule has 0 heterocycles. The Morgan fingerprint density at radius 1 is 1.08 bits per heavy atom. The first-order chi connectivity index (χ1) is 11.9. The highest BCUT2D eigenvalue weighted by atomic mass is 32.2. The summed E-state index contributed by atoms with van der Waals surface area (Å²) in [5, 5.41) is 10.9. The Kier molecular flexibility index (Phi) is 4.63. The minimum absolute atomic E-state index is 0.0365. The lowest BCUT2D eigenvalue weighted by Crippen LogP contribution is -2.15. The van der Waals surface area contributed by atoms with Gasteiger partial charge in [-0.15, -0.1) is 0 Å². The summed E-state index contributed by atoms with van der Waals surface area (Å²) >= 11 is 0. The summed E-state index contributed by atoms with van der Waals surface area (Å²) in [5.74, 6) is 0.215. The van der Waals surface area contributed by atoms with Crippen molar-refractivity contribution in [3.8, 4) is 5.75 Å². The number of rotatable bonds is 5. The van der Waals surface area contributed by atoms with Crippen molar-refractivity contribution in [1.29, 1.82) is 0 Å². The average molecular weight is 362 g/mol. The summed E-state index contributed by atoms with van der Waals surface area (Å²) in [6.07, 6.45) is 3.98. The molecule has 25 heavy (non-hydrogen) atoms. The Balaban J connectivity index is 1.96. The van der Waals surface area contributed by atoms with E-state index in [1.165, 1.54) is 24.8 Å². The van der Waals surface area contributed by atoms with Crippen molar-refractivity contribution in [3.05, 3.63) is 57.6 Å². The average Bonchev–Trinajstić information content (AvgIpc) is 2.60. The molecule has 0 saturated carbocycles. The van der Waals surface area contributed by atoms with E-state index in [1.54, 1.807) is 12.1 Å². The topological polar surface area (TPSA) is 98.5 Å². The highest BCUT2D eigenvalue weighted by molar-refractivity contribution is 7.92. The molecule has 0 bridgehead atoms. The number of ether oxygens (including phenoxy) is 1. The first-order valence-corrected chi connectivity index (χ1v) is 9.36. The van der Waals surface area contributed by atoms with Crippen molar-refractivity contribution < 1.29 is 18.1 Å². The molecule has 0 aliphatic heterocycles. The maximum absolute atomic E-state index is 12.7. The van der Waals surface area contributed by atoms with Gasteiger partial charge in [0.25, 0.3) is 15.7 Å². The number of benzene rings is 2. The molecule has 2 aromatic carbocycles. The lowest BCUT2D eigenvalue weighted by molar-refractivity contribution is -0.384. The molecular formula is C17H18N2O5S. The number of nitrogens with one attached hydrogen (secondary N) is 1. The summed E-state index contributed by atoms with van der Waals surface area (Å²) in [6.45, 7) is 0. The van der Waals surface area contributed by atoms with Gasteiger partial charge < -0.3 is 4.74 Å². The fourth-order valence-corrected chi connectivity index (χ4v) is 4.08. The van der Waals surface area contributed by atoms with Crippen LogP contribution in [-0.4, -0.2) is 20.5 Å². The third-order valence-electron chi connectivity index (χ3n) is 4.27. The van der Waals surface area contributed by atoms with Crippen LogP contribution in [-0.2, 0) is 22.9 Å². The Bertz CT molecular complexity index is 925. The number of hydrogen-bond donors (Lipinski definition) is 1. The molecule has 0 aromatic heterocycles. The van der Waals surface area contributed by atoms with Gasteiger partial charge in [0.15, 0.2) is 0 Å². The summed E-state index contributed by atoms with van der Waals surface area (Å²) in [7, 11) is -2.50. The number of nitro benzene ring substituents is 1. The van der Waals surface area contributed by atoms with Crippen molar-refractivity contribution in [1.82, 2.24) is 0 Å². The molecule has 0 amide bonds. The van der Waals surface area contributed by atoms with Gasteiger partial charge in [-0.1, -0.05) is 6.07 Å². The number of aryl methyl sites for hydroxylation is 2. The lowest BCUT2D eigenvalue weighted by Gasteiger charge is -2.17. The van der Waals surface area contributed by atoms with Crippen LogP contribution in [0.25, 0.3) is 0 Å². The van der Waals surface area contributed by atoms with Crippen LogP contribution in [0, 0.1) is 10.1 Å². The number of nitrogens with zero attached hydrogens (tertiary/aromatic N) is 1. The van der Waals surface area contributed by atoms with Crippen molar-refractivity contribution >= 4 is 21.4 Å².